The third-order valence-electron chi connectivity index (χ3n) is 4.67. The summed E-state index contributed by atoms with van der Waals surface area (Å²) in [6, 6.07) is 11.2. The lowest BCUT2D eigenvalue weighted by molar-refractivity contribution is 0.197. The van der Waals surface area contributed by atoms with E-state index in [1.54, 1.807) is 0 Å². The highest BCUT2D eigenvalue weighted by Gasteiger charge is 2.21. The van der Waals surface area contributed by atoms with E-state index in [-0.39, 0.29) is 0 Å². The van der Waals surface area contributed by atoms with E-state index in [1.807, 2.05) is 7.05 Å². The SMILES string of the molecule is CCCCNC(=NC)NCC(C)N1CCN(c2ccccc2)CC1. The maximum atomic E-state index is 4.30. The van der Waals surface area contributed by atoms with E-state index in [4.69, 9.17) is 0 Å². The Bertz CT molecular complexity index is 480. The molecule has 2 rings (SSSR count). The maximum absolute atomic E-state index is 4.30. The average Bonchev–Trinajstić information content (AvgIpc) is 2.65. The standard InChI is InChI=1S/C19H33N5/c1-4-5-11-21-19(20-3)22-16-17(2)23-12-14-24(15-13-23)18-9-7-6-8-10-18/h6-10,17H,4-5,11-16H2,1-3H3,(H2,20,21,22). The molecule has 1 unspecified atom stereocenters. The van der Waals surface area contributed by atoms with Gasteiger partial charge in [0.25, 0.3) is 0 Å². The fraction of sp³-hybridized carbons (Fsp3) is 0.632. The smallest absolute Gasteiger partial charge is 0.191 e. The molecule has 134 valence electrons. The first kappa shape index (κ1) is 18.6. The zero-order chi connectivity index (χ0) is 17.2. The molecule has 1 fully saturated rings. The summed E-state index contributed by atoms with van der Waals surface area (Å²) in [5.41, 5.74) is 1.34. The van der Waals surface area contributed by atoms with Gasteiger partial charge in [0.15, 0.2) is 5.96 Å². The Morgan fingerprint density at radius 3 is 2.46 bits per heavy atom. The zero-order valence-corrected chi connectivity index (χ0v) is 15.5. The molecule has 24 heavy (non-hydrogen) atoms. The van der Waals surface area contributed by atoms with Gasteiger partial charge in [-0.1, -0.05) is 31.5 Å². The molecule has 0 saturated carbocycles. The number of piperazine rings is 1. The molecule has 5 heteroatoms. The van der Waals surface area contributed by atoms with Gasteiger partial charge in [0.2, 0.25) is 0 Å². The Hall–Kier alpha value is -1.75. The van der Waals surface area contributed by atoms with Gasteiger partial charge in [0.05, 0.1) is 0 Å². The van der Waals surface area contributed by atoms with Crippen LogP contribution in [0.5, 0.6) is 0 Å². The molecular formula is C19H33N5. The molecule has 0 aromatic heterocycles. The number of benzene rings is 1. The predicted molar refractivity (Wildman–Crippen MR) is 104 cm³/mol. The van der Waals surface area contributed by atoms with E-state index in [9.17, 15) is 0 Å². The van der Waals surface area contributed by atoms with Gasteiger partial charge in [-0.2, -0.15) is 0 Å². The van der Waals surface area contributed by atoms with Crippen LogP contribution >= 0.6 is 0 Å². The predicted octanol–water partition coefficient (Wildman–Crippen LogP) is 2.16. The average molecular weight is 332 g/mol. The number of anilines is 1. The van der Waals surface area contributed by atoms with Crippen LogP contribution in [0.15, 0.2) is 35.3 Å². The Kier molecular flexibility index (Phi) is 7.89. The van der Waals surface area contributed by atoms with E-state index in [0.29, 0.717) is 6.04 Å². The number of guanidine groups is 1. The molecule has 0 spiro atoms. The molecule has 1 aromatic carbocycles. The fourth-order valence-corrected chi connectivity index (χ4v) is 3.04. The molecule has 0 radical (unpaired) electrons. The number of hydrogen-bond acceptors (Lipinski definition) is 3. The number of para-hydroxylation sites is 1. The molecule has 2 N–H and O–H groups in total. The molecule has 0 aliphatic carbocycles. The van der Waals surface area contributed by atoms with Crippen LogP contribution in [-0.2, 0) is 0 Å². The molecule has 1 aliphatic rings. The minimum Gasteiger partial charge on any atom is -0.369 e. The summed E-state index contributed by atoms with van der Waals surface area (Å²) in [7, 11) is 1.84. The van der Waals surface area contributed by atoms with Crippen LogP contribution in [-0.4, -0.2) is 63.2 Å². The topological polar surface area (TPSA) is 42.9 Å². The Morgan fingerprint density at radius 1 is 1.12 bits per heavy atom. The lowest BCUT2D eigenvalue weighted by atomic mass is 10.2. The summed E-state index contributed by atoms with van der Waals surface area (Å²) < 4.78 is 0. The first-order valence-electron chi connectivity index (χ1n) is 9.23. The van der Waals surface area contributed by atoms with Crippen LogP contribution in [0.25, 0.3) is 0 Å². The zero-order valence-electron chi connectivity index (χ0n) is 15.5. The van der Waals surface area contributed by atoms with Gasteiger partial charge < -0.3 is 15.5 Å². The van der Waals surface area contributed by atoms with Crippen LogP contribution in [0.2, 0.25) is 0 Å². The highest BCUT2D eigenvalue weighted by molar-refractivity contribution is 5.79. The summed E-state index contributed by atoms with van der Waals surface area (Å²) in [4.78, 5) is 9.33. The lowest BCUT2D eigenvalue weighted by Gasteiger charge is -2.39. The van der Waals surface area contributed by atoms with Crippen molar-refractivity contribution in [1.29, 1.82) is 0 Å². The fourth-order valence-electron chi connectivity index (χ4n) is 3.04. The third kappa shape index (κ3) is 5.71. The maximum Gasteiger partial charge on any atom is 0.191 e. The molecule has 1 aliphatic heterocycles. The third-order valence-corrected chi connectivity index (χ3v) is 4.67. The van der Waals surface area contributed by atoms with Gasteiger partial charge in [-0.15, -0.1) is 0 Å². The highest BCUT2D eigenvalue weighted by atomic mass is 15.3. The summed E-state index contributed by atoms with van der Waals surface area (Å²) in [5, 5.41) is 6.82. The van der Waals surface area contributed by atoms with Crippen molar-refractivity contribution in [2.24, 2.45) is 4.99 Å². The molecule has 1 aromatic rings. The van der Waals surface area contributed by atoms with E-state index in [2.05, 4.69) is 69.6 Å². The van der Waals surface area contributed by atoms with E-state index in [1.165, 1.54) is 18.5 Å². The van der Waals surface area contributed by atoms with E-state index in [0.717, 1.165) is 45.2 Å². The highest BCUT2D eigenvalue weighted by Crippen LogP contribution is 2.16. The van der Waals surface area contributed by atoms with Crippen LogP contribution in [0.3, 0.4) is 0 Å². The second-order valence-corrected chi connectivity index (χ2v) is 6.44. The summed E-state index contributed by atoms with van der Waals surface area (Å²) in [5.74, 6) is 0.915. The minimum atomic E-state index is 0.507. The first-order valence-corrected chi connectivity index (χ1v) is 9.23. The number of nitrogens with one attached hydrogen (secondary N) is 2. The van der Waals surface area contributed by atoms with E-state index < -0.39 is 0 Å². The van der Waals surface area contributed by atoms with E-state index >= 15 is 0 Å². The number of aliphatic imine (C=N–C) groups is 1. The Balaban J connectivity index is 1.71. The van der Waals surface area contributed by atoms with Crippen molar-refractivity contribution in [3.8, 4) is 0 Å². The van der Waals surface area contributed by atoms with Crippen molar-refractivity contribution in [2.75, 3.05) is 51.2 Å². The van der Waals surface area contributed by atoms with Crippen molar-refractivity contribution in [2.45, 2.75) is 32.7 Å². The van der Waals surface area contributed by atoms with Crippen molar-refractivity contribution in [1.82, 2.24) is 15.5 Å². The number of hydrogen-bond donors (Lipinski definition) is 2. The van der Waals surface area contributed by atoms with Crippen LogP contribution in [0, 0.1) is 0 Å². The largest absolute Gasteiger partial charge is 0.369 e. The van der Waals surface area contributed by atoms with Crippen LogP contribution < -0.4 is 15.5 Å². The van der Waals surface area contributed by atoms with Crippen molar-refractivity contribution >= 4 is 11.6 Å². The first-order chi connectivity index (χ1) is 11.7. The van der Waals surface area contributed by atoms with Gasteiger partial charge in [0, 0.05) is 58.0 Å². The van der Waals surface area contributed by atoms with Gasteiger partial charge in [-0.3, -0.25) is 9.89 Å². The van der Waals surface area contributed by atoms with Gasteiger partial charge in [-0.25, -0.2) is 0 Å². The van der Waals surface area contributed by atoms with Gasteiger partial charge in [0.1, 0.15) is 0 Å². The Labute approximate surface area is 147 Å². The Morgan fingerprint density at radius 2 is 1.83 bits per heavy atom. The minimum absolute atomic E-state index is 0.507. The summed E-state index contributed by atoms with van der Waals surface area (Å²) in [6.45, 7) is 10.8. The van der Waals surface area contributed by atoms with Gasteiger partial charge >= 0.3 is 0 Å². The molecular weight excluding hydrogens is 298 g/mol. The molecule has 1 heterocycles. The molecule has 1 saturated heterocycles. The molecule has 1 atom stereocenters. The van der Waals surface area contributed by atoms with Gasteiger partial charge in [-0.05, 0) is 25.5 Å². The van der Waals surface area contributed by atoms with Crippen molar-refractivity contribution < 1.29 is 0 Å². The lowest BCUT2D eigenvalue weighted by Crippen LogP contribution is -2.53. The van der Waals surface area contributed by atoms with Crippen LogP contribution in [0.4, 0.5) is 5.69 Å². The monoisotopic (exact) mass is 331 g/mol. The quantitative estimate of drug-likeness (QED) is 0.456. The number of rotatable bonds is 7. The second kappa shape index (κ2) is 10.2. The molecule has 5 nitrogen and oxygen atoms in total. The normalized spacial score (nSPS) is 17.6. The molecule has 0 amide bonds. The number of nitrogens with zero attached hydrogens (tertiary/aromatic N) is 3. The van der Waals surface area contributed by atoms with Crippen molar-refractivity contribution in [3.63, 3.8) is 0 Å². The molecule has 0 bridgehead atoms. The van der Waals surface area contributed by atoms with Crippen molar-refractivity contribution in [3.05, 3.63) is 30.3 Å². The second-order valence-electron chi connectivity index (χ2n) is 6.44. The summed E-state index contributed by atoms with van der Waals surface area (Å²) in [6.07, 6.45) is 2.38. The number of unbranched alkanes of at least 4 members (excludes halogenated alkanes) is 1. The summed E-state index contributed by atoms with van der Waals surface area (Å²) >= 11 is 0. The van der Waals surface area contributed by atoms with Crippen LogP contribution in [0.1, 0.15) is 26.7 Å².